The highest BCUT2D eigenvalue weighted by Gasteiger charge is 2.17. The highest BCUT2D eigenvalue weighted by atomic mass is 32.2. The molecule has 1 nitrogen and oxygen atoms in total. The zero-order valence-corrected chi connectivity index (χ0v) is 12.9. The van der Waals surface area contributed by atoms with E-state index in [9.17, 15) is 4.39 Å². The predicted molar refractivity (Wildman–Crippen MR) is 79.6 cm³/mol. The summed E-state index contributed by atoms with van der Waals surface area (Å²) in [6.07, 6.45) is 5.03. The Kier molecular flexibility index (Phi) is 5.14. The van der Waals surface area contributed by atoms with Crippen molar-refractivity contribution in [3.8, 4) is 5.75 Å². The number of hydrogen-bond acceptors (Lipinski definition) is 2. The summed E-state index contributed by atoms with van der Waals surface area (Å²) in [6.45, 7) is 6.73. The van der Waals surface area contributed by atoms with Gasteiger partial charge in [0, 0.05) is 15.7 Å². The Morgan fingerprint density at radius 3 is 2.63 bits per heavy atom. The Hall–Kier alpha value is -0.700. The largest absolute Gasteiger partial charge is 0.490 e. The molecule has 0 saturated heterocycles. The van der Waals surface area contributed by atoms with Crippen LogP contribution in [0.3, 0.4) is 0 Å². The van der Waals surface area contributed by atoms with Gasteiger partial charge in [0.05, 0.1) is 6.61 Å². The molecule has 1 fully saturated rings. The second-order valence-corrected chi connectivity index (χ2v) is 7.25. The molecular formula is C16H23FOS. The van der Waals surface area contributed by atoms with Crippen molar-refractivity contribution >= 4 is 11.8 Å². The maximum atomic E-state index is 14.2. The normalized spacial score (nSPS) is 16.3. The first-order valence-electron chi connectivity index (χ1n) is 7.16. The first-order valence-corrected chi connectivity index (χ1v) is 8.04. The Morgan fingerprint density at radius 1 is 1.32 bits per heavy atom. The van der Waals surface area contributed by atoms with E-state index < -0.39 is 0 Å². The smallest absolute Gasteiger partial charge is 0.169 e. The summed E-state index contributed by atoms with van der Waals surface area (Å²) in [4.78, 5) is 1.01. The summed E-state index contributed by atoms with van der Waals surface area (Å²) in [5.74, 6) is 0.838. The van der Waals surface area contributed by atoms with E-state index in [1.807, 2.05) is 13.0 Å². The highest BCUT2D eigenvalue weighted by Crippen LogP contribution is 2.33. The number of benzene rings is 1. The number of halogens is 1. The van der Waals surface area contributed by atoms with Gasteiger partial charge in [-0.25, -0.2) is 4.39 Å². The number of ether oxygens (including phenoxy) is 1. The first-order chi connectivity index (χ1) is 9.08. The Morgan fingerprint density at radius 2 is 2.00 bits per heavy atom. The molecule has 0 aliphatic heterocycles. The second-order valence-electron chi connectivity index (χ2n) is 5.63. The van der Waals surface area contributed by atoms with Gasteiger partial charge in [0.2, 0.25) is 0 Å². The average Bonchev–Trinajstić information content (AvgIpc) is 2.87. The summed E-state index contributed by atoms with van der Waals surface area (Å²) < 4.78 is 19.9. The molecule has 0 spiro atoms. The van der Waals surface area contributed by atoms with Crippen LogP contribution in [0.25, 0.3) is 0 Å². The highest BCUT2D eigenvalue weighted by molar-refractivity contribution is 8.00. The van der Waals surface area contributed by atoms with E-state index in [4.69, 9.17) is 4.74 Å². The van der Waals surface area contributed by atoms with Crippen molar-refractivity contribution in [2.75, 3.05) is 6.61 Å². The van der Waals surface area contributed by atoms with Crippen LogP contribution in [0.2, 0.25) is 0 Å². The van der Waals surface area contributed by atoms with Gasteiger partial charge in [0.1, 0.15) is 0 Å². The molecule has 0 unspecified atom stereocenters. The quantitative estimate of drug-likeness (QED) is 0.686. The molecule has 0 aromatic heterocycles. The van der Waals surface area contributed by atoms with Crippen molar-refractivity contribution < 1.29 is 9.13 Å². The zero-order chi connectivity index (χ0) is 13.8. The van der Waals surface area contributed by atoms with Gasteiger partial charge in [-0.05, 0) is 37.8 Å². The summed E-state index contributed by atoms with van der Waals surface area (Å²) in [7, 11) is 0. The fourth-order valence-electron chi connectivity index (χ4n) is 2.52. The molecule has 1 aliphatic carbocycles. The lowest BCUT2D eigenvalue weighted by Crippen LogP contribution is -2.09. The van der Waals surface area contributed by atoms with E-state index >= 15 is 0 Å². The van der Waals surface area contributed by atoms with Gasteiger partial charge in [-0.15, -0.1) is 11.8 Å². The molecule has 2 rings (SSSR count). The van der Waals surface area contributed by atoms with Crippen molar-refractivity contribution in [3.05, 3.63) is 23.5 Å². The van der Waals surface area contributed by atoms with Crippen LogP contribution in [0.1, 0.15) is 45.1 Å². The van der Waals surface area contributed by atoms with Gasteiger partial charge < -0.3 is 4.74 Å². The molecule has 0 N–H and O–H groups in total. The van der Waals surface area contributed by atoms with Gasteiger partial charge in [-0.3, -0.25) is 0 Å². The molecule has 1 aromatic rings. The average molecular weight is 282 g/mol. The lowest BCUT2D eigenvalue weighted by atomic mass is 10.1. The summed E-state index contributed by atoms with van der Waals surface area (Å²) in [6, 6.07) is 3.76. The second kappa shape index (κ2) is 6.65. The molecule has 19 heavy (non-hydrogen) atoms. The van der Waals surface area contributed by atoms with Crippen LogP contribution in [-0.2, 0) is 0 Å². The third kappa shape index (κ3) is 3.88. The molecule has 1 aliphatic rings. The summed E-state index contributed by atoms with van der Waals surface area (Å²) >= 11 is 1.70. The first kappa shape index (κ1) is 14.7. The van der Waals surface area contributed by atoms with Crippen LogP contribution in [0.5, 0.6) is 5.75 Å². The number of hydrogen-bond donors (Lipinski definition) is 0. The third-order valence-corrected chi connectivity index (χ3v) is 4.78. The van der Waals surface area contributed by atoms with Crippen LogP contribution in [-0.4, -0.2) is 11.9 Å². The van der Waals surface area contributed by atoms with E-state index in [-0.39, 0.29) is 5.82 Å². The third-order valence-electron chi connectivity index (χ3n) is 3.61. The molecule has 0 heterocycles. The fraction of sp³-hybridized carbons (Fsp3) is 0.625. The fourth-order valence-corrected chi connectivity index (χ4v) is 3.44. The van der Waals surface area contributed by atoms with E-state index in [1.165, 1.54) is 25.7 Å². The number of rotatable bonds is 5. The monoisotopic (exact) mass is 282 g/mol. The van der Waals surface area contributed by atoms with E-state index in [1.54, 1.807) is 17.8 Å². The van der Waals surface area contributed by atoms with Gasteiger partial charge in [0.15, 0.2) is 11.6 Å². The van der Waals surface area contributed by atoms with Gasteiger partial charge >= 0.3 is 0 Å². The lowest BCUT2D eigenvalue weighted by molar-refractivity contribution is 0.241. The maximum absolute atomic E-state index is 14.2. The van der Waals surface area contributed by atoms with Gasteiger partial charge in [-0.2, -0.15) is 0 Å². The predicted octanol–water partition coefficient (Wildman–Crippen LogP) is 5.20. The Balaban J connectivity index is 2.02. The summed E-state index contributed by atoms with van der Waals surface area (Å²) in [5.41, 5.74) is 0.711. The molecule has 0 bridgehead atoms. The Bertz CT molecular complexity index is 425. The van der Waals surface area contributed by atoms with Crippen molar-refractivity contribution in [2.45, 2.75) is 56.6 Å². The minimum absolute atomic E-state index is 0.191. The topological polar surface area (TPSA) is 9.23 Å². The molecule has 1 saturated carbocycles. The lowest BCUT2D eigenvalue weighted by Gasteiger charge is -2.15. The van der Waals surface area contributed by atoms with Crippen LogP contribution in [0, 0.1) is 18.7 Å². The standard InChI is InChI=1S/C16H23FOS/c1-11(2)19-15-9-8-14(16(17)12(15)3)18-10-13-6-4-5-7-13/h8-9,11,13H,4-7,10H2,1-3H3. The van der Waals surface area contributed by atoms with Crippen molar-refractivity contribution in [2.24, 2.45) is 5.92 Å². The molecule has 0 atom stereocenters. The molecule has 0 amide bonds. The van der Waals surface area contributed by atoms with Crippen molar-refractivity contribution in [1.82, 2.24) is 0 Å². The van der Waals surface area contributed by atoms with Crippen molar-refractivity contribution in [3.63, 3.8) is 0 Å². The summed E-state index contributed by atoms with van der Waals surface area (Å²) in [5, 5.41) is 0.461. The van der Waals surface area contributed by atoms with Crippen LogP contribution in [0.15, 0.2) is 17.0 Å². The molecule has 1 aromatic carbocycles. The zero-order valence-electron chi connectivity index (χ0n) is 12.0. The van der Waals surface area contributed by atoms with E-state index in [0.717, 1.165) is 4.90 Å². The maximum Gasteiger partial charge on any atom is 0.169 e. The van der Waals surface area contributed by atoms with Crippen LogP contribution in [0.4, 0.5) is 4.39 Å². The minimum Gasteiger partial charge on any atom is -0.490 e. The van der Waals surface area contributed by atoms with E-state index in [2.05, 4.69) is 13.8 Å². The molecule has 0 radical (unpaired) electrons. The van der Waals surface area contributed by atoms with E-state index in [0.29, 0.717) is 29.1 Å². The molecule has 3 heteroatoms. The molecular weight excluding hydrogens is 259 g/mol. The minimum atomic E-state index is -0.191. The van der Waals surface area contributed by atoms with Crippen LogP contribution < -0.4 is 4.74 Å². The van der Waals surface area contributed by atoms with Crippen molar-refractivity contribution in [1.29, 1.82) is 0 Å². The van der Waals surface area contributed by atoms with Crippen LogP contribution >= 0.6 is 11.8 Å². The van der Waals surface area contributed by atoms with Gasteiger partial charge in [-0.1, -0.05) is 26.7 Å². The van der Waals surface area contributed by atoms with Gasteiger partial charge in [0.25, 0.3) is 0 Å². The number of thioether (sulfide) groups is 1. The Labute approximate surface area is 119 Å². The molecule has 106 valence electrons. The SMILES string of the molecule is Cc1c(SC(C)C)ccc(OCC2CCCC2)c1F.